The lowest BCUT2D eigenvalue weighted by atomic mass is 10.1. The van der Waals surface area contributed by atoms with Crippen molar-refractivity contribution in [2.45, 2.75) is 31.8 Å². The Morgan fingerprint density at radius 3 is 2.56 bits per heavy atom. The first kappa shape index (κ1) is 15.8. The molecule has 2 aromatic heterocycles. The van der Waals surface area contributed by atoms with Gasteiger partial charge in [-0.15, -0.1) is 0 Å². The van der Waals surface area contributed by atoms with Crippen molar-refractivity contribution in [2.24, 2.45) is 0 Å². The summed E-state index contributed by atoms with van der Waals surface area (Å²) in [6.45, 7) is 0. The summed E-state index contributed by atoms with van der Waals surface area (Å²) in [5, 5.41) is 0. The highest BCUT2D eigenvalue weighted by atomic mass is 16.5. The Labute approximate surface area is 147 Å². The molecule has 3 aromatic rings. The molecule has 1 saturated carbocycles. The van der Waals surface area contributed by atoms with Crippen LogP contribution in [0.2, 0.25) is 0 Å². The van der Waals surface area contributed by atoms with Gasteiger partial charge in [0.2, 0.25) is 0 Å². The summed E-state index contributed by atoms with van der Waals surface area (Å²) in [5.74, 6) is 2.30. The first-order chi connectivity index (χ1) is 12.3. The number of nitrogens with zero attached hydrogens (tertiary/aromatic N) is 2. The van der Waals surface area contributed by atoms with Crippen LogP contribution in [0.15, 0.2) is 42.7 Å². The summed E-state index contributed by atoms with van der Waals surface area (Å²) >= 11 is 0. The molecule has 0 bridgehead atoms. The molecule has 4 rings (SSSR count). The van der Waals surface area contributed by atoms with Crippen molar-refractivity contribution in [2.75, 3.05) is 14.2 Å². The molecule has 0 amide bonds. The molecule has 2 heterocycles. The summed E-state index contributed by atoms with van der Waals surface area (Å²) in [7, 11) is 3.33. The van der Waals surface area contributed by atoms with Crippen LogP contribution in [0.25, 0.3) is 16.9 Å². The highest BCUT2D eigenvalue weighted by Gasteiger charge is 2.19. The summed E-state index contributed by atoms with van der Waals surface area (Å²) in [6, 6.07) is 9.83. The Morgan fingerprint density at radius 2 is 1.80 bits per heavy atom. The predicted molar refractivity (Wildman–Crippen MR) is 96.6 cm³/mol. The Kier molecular flexibility index (Phi) is 4.22. The second-order valence-corrected chi connectivity index (χ2v) is 6.32. The fourth-order valence-corrected chi connectivity index (χ4v) is 3.40. The quantitative estimate of drug-likeness (QED) is 0.694. The molecule has 5 heteroatoms. The van der Waals surface area contributed by atoms with Gasteiger partial charge in [0.1, 0.15) is 0 Å². The van der Waals surface area contributed by atoms with Gasteiger partial charge in [0.25, 0.3) is 0 Å². The Morgan fingerprint density at radius 1 is 1.00 bits per heavy atom. The number of methoxy groups -OCH3 is 2. The number of hydrogen-bond acceptors (Lipinski definition) is 4. The molecular formula is C20H22N2O3. The van der Waals surface area contributed by atoms with E-state index in [1.165, 1.54) is 12.8 Å². The van der Waals surface area contributed by atoms with Crippen LogP contribution in [0.1, 0.15) is 25.7 Å². The maximum absolute atomic E-state index is 6.19. The standard InChI is InChI=1S/C20H22N2O3/c1-23-17-10-9-14(12-19(17)25-15-6-3-4-7-15)16-13-22-11-5-8-18(24-2)20(22)21-16/h5,8-13,15H,3-4,6-7H2,1-2H3. The van der Waals surface area contributed by atoms with E-state index in [-0.39, 0.29) is 6.10 Å². The van der Waals surface area contributed by atoms with Crippen molar-refractivity contribution in [1.29, 1.82) is 0 Å². The number of fused-ring (bicyclic) bond motifs is 1. The van der Waals surface area contributed by atoms with Crippen LogP contribution in [-0.2, 0) is 0 Å². The van der Waals surface area contributed by atoms with Gasteiger partial charge in [-0.25, -0.2) is 4.98 Å². The number of ether oxygens (including phenoxy) is 3. The lowest BCUT2D eigenvalue weighted by molar-refractivity contribution is 0.201. The maximum atomic E-state index is 6.19. The molecule has 1 aliphatic rings. The Bertz CT molecular complexity index is 882. The second kappa shape index (κ2) is 6.67. The molecule has 25 heavy (non-hydrogen) atoms. The van der Waals surface area contributed by atoms with E-state index < -0.39 is 0 Å². The first-order valence-electron chi connectivity index (χ1n) is 8.65. The topological polar surface area (TPSA) is 45.0 Å². The number of imidazole rings is 1. The largest absolute Gasteiger partial charge is 0.493 e. The molecule has 0 atom stereocenters. The van der Waals surface area contributed by atoms with Crippen LogP contribution >= 0.6 is 0 Å². The average Bonchev–Trinajstić information content (AvgIpc) is 3.30. The zero-order valence-electron chi connectivity index (χ0n) is 14.6. The van der Waals surface area contributed by atoms with E-state index in [0.29, 0.717) is 0 Å². The summed E-state index contributed by atoms with van der Waals surface area (Å²) in [6.07, 6.45) is 8.94. The van der Waals surface area contributed by atoms with Crippen molar-refractivity contribution in [3.8, 4) is 28.5 Å². The Hall–Kier alpha value is -2.69. The molecule has 0 N–H and O–H groups in total. The highest BCUT2D eigenvalue weighted by Crippen LogP contribution is 2.35. The van der Waals surface area contributed by atoms with E-state index in [1.807, 2.05) is 47.1 Å². The minimum absolute atomic E-state index is 0.283. The van der Waals surface area contributed by atoms with Gasteiger partial charge in [-0.1, -0.05) is 0 Å². The monoisotopic (exact) mass is 338 g/mol. The van der Waals surface area contributed by atoms with Crippen molar-refractivity contribution >= 4 is 5.65 Å². The Balaban J connectivity index is 1.72. The van der Waals surface area contributed by atoms with E-state index >= 15 is 0 Å². The van der Waals surface area contributed by atoms with Crippen molar-refractivity contribution in [1.82, 2.24) is 9.38 Å². The number of aromatic nitrogens is 2. The van der Waals surface area contributed by atoms with E-state index in [1.54, 1.807) is 14.2 Å². The minimum Gasteiger partial charge on any atom is -0.493 e. The van der Waals surface area contributed by atoms with Gasteiger partial charge < -0.3 is 18.6 Å². The molecule has 130 valence electrons. The minimum atomic E-state index is 0.283. The average molecular weight is 338 g/mol. The molecule has 0 aliphatic heterocycles. The molecule has 1 fully saturated rings. The number of pyridine rings is 1. The van der Waals surface area contributed by atoms with Gasteiger partial charge in [0.05, 0.1) is 26.0 Å². The third-order valence-electron chi connectivity index (χ3n) is 4.72. The number of rotatable bonds is 5. The molecule has 0 radical (unpaired) electrons. The van der Waals surface area contributed by atoms with Crippen molar-refractivity contribution in [3.05, 3.63) is 42.7 Å². The van der Waals surface area contributed by atoms with E-state index in [0.717, 1.165) is 47.0 Å². The van der Waals surface area contributed by atoms with Crippen LogP contribution in [0.4, 0.5) is 0 Å². The van der Waals surface area contributed by atoms with Crippen LogP contribution in [-0.4, -0.2) is 29.7 Å². The molecule has 0 unspecified atom stereocenters. The third kappa shape index (κ3) is 3.02. The summed E-state index contributed by atoms with van der Waals surface area (Å²) in [5.41, 5.74) is 2.68. The van der Waals surface area contributed by atoms with Crippen LogP contribution in [0, 0.1) is 0 Å². The normalized spacial score (nSPS) is 14.8. The fourth-order valence-electron chi connectivity index (χ4n) is 3.40. The number of hydrogen-bond donors (Lipinski definition) is 0. The lowest BCUT2D eigenvalue weighted by Crippen LogP contribution is -2.11. The molecule has 0 saturated heterocycles. The van der Waals surface area contributed by atoms with Crippen LogP contribution < -0.4 is 14.2 Å². The van der Waals surface area contributed by atoms with Gasteiger partial charge in [-0.05, 0) is 56.0 Å². The lowest BCUT2D eigenvalue weighted by Gasteiger charge is -2.16. The molecule has 5 nitrogen and oxygen atoms in total. The fraction of sp³-hybridized carbons (Fsp3) is 0.350. The highest BCUT2D eigenvalue weighted by molar-refractivity contribution is 5.68. The molecule has 0 spiro atoms. The van der Waals surface area contributed by atoms with Gasteiger partial charge in [-0.3, -0.25) is 0 Å². The van der Waals surface area contributed by atoms with Crippen LogP contribution in [0.3, 0.4) is 0 Å². The van der Waals surface area contributed by atoms with E-state index in [4.69, 9.17) is 19.2 Å². The number of benzene rings is 1. The van der Waals surface area contributed by atoms with Gasteiger partial charge in [0, 0.05) is 18.0 Å². The summed E-state index contributed by atoms with van der Waals surface area (Å²) in [4.78, 5) is 4.72. The van der Waals surface area contributed by atoms with E-state index in [9.17, 15) is 0 Å². The zero-order chi connectivity index (χ0) is 17.2. The van der Waals surface area contributed by atoms with Crippen LogP contribution in [0.5, 0.6) is 17.2 Å². The molecule has 1 aromatic carbocycles. The zero-order valence-corrected chi connectivity index (χ0v) is 14.6. The maximum Gasteiger partial charge on any atom is 0.180 e. The smallest absolute Gasteiger partial charge is 0.180 e. The van der Waals surface area contributed by atoms with Gasteiger partial charge in [-0.2, -0.15) is 0 Å². The van der Waals surface area contributed by atoms with E-state index in [2.05, 4.69) is 0 Å². The molecular weight excluding hydrogens is 316 g/mol. The third-order valence-corrected chi connectivity index (χ3v) is 4.72. The first-order valence-corrected chi connectivity index (χ1v) is 8.65. The SMILES string of the molecule is COc1ccc(-c2cn3cccc(OC)c3n2)cc1OC1CCCC1. The van der Waals surface area contributed by atoms with Gasteiger partial charge in [0.15, 0.2) is 22.9 Å². The summed E-state index contributed by atoms with van der Waals surface area (Å²) < 4.78 is 19.0. The van der Waals surface area contributed by atoms with Gasteiger partial charge >= 0.3 is 0 Å². The molecule has 1 aliphatic carbocycles. The van der Waals surface area contributed by atoms with Crippen molar-refractivity contribution < 1.29 is 14.2 Å². The predicted octanol–water partition coefficient (Wildman–Crippen LogP) is 4.34. The second-order valence-electron chi connectivity index (χ2n) is 6.32. The van der Waals surface area contributed by atoms with Crippen molar-refractivity contribution in [3.63, 3.8) is 0 Å².